The van der Waals surface area contributed by atoms with Gasteiger partial charge >= 0.3 is 5.97 Å². The number of thioether (sulfide) groups is 1. The van der Waals surface area contributed by atoms with Gasteiger partial charge in [-0.1, -0.05) is 78.0 Å². The molecule has 0 N–H and O–H groups in total. The molecule has 0 unspecified atom stereocenters. The number of carbonyl (C=O) groups is 1. The van der Waals surface area contributed by atoms with Crippen molar-refractivity contribution in [1.29, 1.82) is 0 Å². The first-order chi connectivity index (χ1) is 15.1. The highest BCUT2D eigenvalue weighted by atomic mass is 35.5. The lowest BCUT2D eigenvalue weighted by Gasteiger charge is -2.19. The van der Waals surface area contributed by atoms with Crippen molar-refractivity contribution in [3.05, 3.63) is 99.8 Å². The van der Waals surface area contributed by atoms with E-state index in [2.05, 4.69) is 0 Å². The second-order valence-electron chi connectivity index (χ2n) is 6.66. The molecule has 0 aliphatic rings. The summed E-state index contributed by atoms with van der Waals surface area (Å²) in [5.41, 5.74) is 1.57. The maximum atomic E-state index is 13.5. The van der Waals surface area contributed by atoms with Crippen LogP contribution in [-0.4, -0.2) is 22.1 Å². The van der Waals surface area contributed by atoms with Crippen molar-refractivity contribution in [3.63, 3.8) is 0 Å². The van der Waals surface area contributed by atoms with Crippen molar-refractivity contribution in [2.75, 3.05) is 6.61 Å². The van der Waals surface area contributed by atoms with Crippen LogP contribution in [-0.2, 0) is 9.53 Å². The quantitative estimate of drug-likeness (QED) is 0.222. The van der Waals surface area contributed by atoms with E-state index in [-0.39, 0.29) is 12.2 Å². The average molecular weight is 451 g/mol. The smallest absolute Gasteiger partial charge is 0.324 e. The third-order valence-electron chi connectivity index (χ3n) is 4.66. The van der Waals surface area contributed by atoms with E-state index in [4.69, 9.17) is 21.3 Å². The van der Waals surface area contributed by atoms with E-state index in [9.17, 15) is 9.59 Å². The predicted molar refractivity (Wildman–Crippen MR) is 124 cm³/mol. The first-order valence-electron chi connectivity index (χ1n) is 9.75. The van der Waals surface area contributed by atoms with Crippen LogP contribution in [0.15, 0.2) is 88.8 Å². The highest BCUT2D eigenvalue weighted by molar-refractivity contribution is 8.00. The number of fused-ring (bicyclic) bond motifs is 1. The molecular formula is C24H19ClN2O3S. The van der Waals surface area contributed by atoms with Gasteiger partial charge in [-0.15, -0.1) is 0 Å². The molecule has 0 saturated carbocycles. The Labute approximate surface area is 188 Å². The van der Waals surface area contributed by atoms with Crippen molar-refractivity contribution in [1.82, 2.24) is 9.55 Å². The van der Waals surface area contributed by atoms with Gasteiger partial charge in [-0.25, -0.2) is 4.98 Å². The number of esters is 1. The lowest BCUT2D eigenvalue weighted by Crippen LogP contribution is -2.23. The fourth-order valence-corrected chi connectivity index (χ4v) is 4.57. The van der Waals surface area contributed by atoms with Crippen LogP contribution in [0.2, 0.25) is 5.02 Å². The number of carbonyl (C=O) groups excluding carboxylic acids is 1. The largest absolute Gasteiger partial charge is 0.465 e. The number of nitrogens with zero attached hydrogens (tertiary/aromatic N) is 2. The summed E-state index contributed by atoms with van der Waals surface area (Å²) in [6.45, 7) is 2.02. The van der Waals surface area contributed by atoms with Crippen LogP contribution >= 0.6 is 23.4 Å². The molecule has 3 aromatic carbocycles. The Balaban J connectivity index is 1.93. The number of hydrogen-bond acceptors (Lipinski definition) is 5. The highest BCUT2D eigenvalue weighted by Crippen LogP contribution is 2.37. The zero-order valence-corrected chi connectivity index (χ0v) is 18.3. The topological polar surface area (TPSA) is 61.2 Å². The minimum absolute atomic E-state index is 0.253. The van der Waals surface area contributed by atoms with E-state index in [0.717, 1.165) is 5.56 Å². The molecule has 0 aliphatic heterocycles. The van der Waals surface area contributed by atoms with Crippen molar-refractivity contribution < 1.29 is 9.53 Å². The molecule has 4 rings (SSSR count). The van der Waals surface area contributed by atoms with Gasteiger partial charge in [-0.2, -0.15) is 0 Å². The summed E-state index contributed by atoms with van der Waals surface area (Å²) in [5.74, 6) is -0.396. The number of ether oxygens (including phenoxy) is 1. The molecule has 1 atom stereocenters. The lowest BCUT2D eigenvalue weighted by molar-refractivity contribution is -0.142. The Morgan fingerprint density at radius 1 is 1.03 bits per heavy atom. The number of para-hydroxylation sites is 2. The Morgan fingerprint density at radius 2 is 1.71 bits per heavy atom. The first-order valence-corrected chi connectivity index (χ1v) is 11.0. The Bertz CT molecular complexity index is 1290. The van der Waals surface area contributed by atoms with Gasteiger partial charge in [0, 0.05) is 0 Å². The van der Waals surface area contributed by atoms with E-state index >= 15 is 0 Å². The molecule has 0 amide bonds. The Kier molecular flexibility index (Phi) is 6.39. The van der Waals surface area contributed by atoms with Gasteiger partial charge in [-0.05, 0) is 36.8 Å². The molecule has 0 fully saturated rings. The van der Waals surface area contributed by atoms with Crippen molar-refractivity contribution in [3.8, 4) is 5.69 Å². The van der Waals surface area contributed by atoms with Gasteiger partial charge < -0.3 is 4.74 Å². The second kappa shape index (κ2) is 9.37. The fraction of sp³-hybridized carbons (Fsp3) is 0.125. The van der Waals surface area contributed by atoms with Gasteiger partial charge in [0.1, 0.15) is 5.25 Å². The summed E-state index contributed by atoms with van der Waals surface area (Å²) >= 11 is 7.60. The lowest BCUT2D eigenvalue weighted by atomic mass is 10.1. The number of aromatic nitrogens is 2. The molecule has 31 heavy (non-hydrogen) atoms. The van der Waals surface area contributed by atoms with Crippen LogP contribution in [0.4, 0.5) is 0 Å². The number of halogens is 1. The zero-order valence-electron chi connectivity index (χ0n) is 16.7. The van der Waals surface area contributed by atoms with Crippen LogP contribution in [0, 0.1) is 0 Å². The van der Waals surface area contributed by atoms with E-state index in [0.29, 0.717) is 26.8 Å². The van der Waals surface area contributed by atoms with Gasteiger partial charge in [-0.3, -0.25) is 14.2 Å². The molecule has 1 heterocycles. The minimum atomic E-state index is -0.692. The minimum Gasteiger partial charge on any atom is -0.465 e. The molecule has 156 valence electrons. The SMILES string of the molecule is CCOC(=O)[C@@H](Sc1nc2ccccc2c(=O)n1-c1ccccc1Cl)c1ccccc1. The van der Waals surface area contributed by atoms with Gasteiger partial charge in [0.15, 0.2) is 5.16 Å². The van der Waals surface area contributed by atoms with E-state index < -0.39 is 11.2 Å². The van der Waals surface area contributed by atoms with Crippen LogP contribution in [0.25, 0.3) is 16.6 Å². The van der Waals surface area contributed by atoms with Crippen LogP contribution in [0.1, 0.15) is 17.7 Å². The molecule has 5 nitrogen and oxygen atoms in total. The molecule has 0 aliphatic carbocycles. The Morgan fingerprint density at radius 3 is 2.45 bits per heavy atom. The van der Waals surface area contributed by atoms with Crippen molar-refractivity contribution >= 4 is 40.2 Å². The standard InChI is InChI=1S/C24H19ClN2O3S/c1-2-30-23(29)21(16-10-4-3-5-11-16)31-24-26-19-14-8-6-12-17(19)22(28)27(24)20-15-9-7-13-18(20)25/h3-15,21H,2H2,1H3/t21-/m0/s1. The molecule has 1 aromatic heterocycles. The molecule has 0 spiro atoms. The van der Waals surface area contributed by atoms with E-state index in [1.807, 2.05) is 36.4 Å². The summed E-state index contributed by atoms with van der Waals surface area (Å²) < 4.78 is 6.78. The van der Waals surface area contributed by atoms with Crippen molar-refractivity contribution in [2.24, 2.45) is 0 Å². The number of rotatable bonds is 6. The molecule has 0 saturated heterocycles. The summed E-state index contributed by atoms with van der Waals surface area (Å²) in [4.78, 5) is 31.0. The average Bonchev–Trinajstić information content (AvgIpc) is 2.79. The molecule has 4 aromatic rings. The van der Waals surface area contributed by atoms with Crippen LogP contribution in [0.5, 0.6) is 0 Å². The molecule has 7 heteroatoms. The maximum absolute atomic E-state index is 13.5. The van der Waals surface area contributed by atoms with Crippen molar-refractivity contribution in [2.45, 2.75) is 17.3 Å². The highest BCUT2D eigenvalue weighted by Gasteiger charge is 2.27. The van der Waals surface area contributed by atoms with Crippen LogP contribution < -0.4 is 5.56 Å². The summed E-state index contributed by atoms with van der Waals surface area (Å²) in [6, 6.07) is 23.5. The number of hydrogen-bond donors (Lipinski definition) is 0. The predicted octanol–water partition coefficient (Wildman–Crippen LogP) is 5.44. The molecule has 0 bridgehead atoms. The zero-order chi connectivity index (χ0) is 21.8. The number of benzene rings is 3. The second-order valence-corrected chi connectivity index (χ2v) is 8.14. The Hall–Kier alpha value is -3.09. The van der Waals surface area contributed by atoms with Crippen LogP contribution in [0.3, 0.4) is 0 Å². The third kappa shape index (κ3) is 4.36. The molecular weight excluding hydrogens is 432 g/mol. The normalized spacial score (nSPS) is 11.9. The summed E-state index contributed by atoms with van der Waals surface area (Å²) in [7, 11) is 0. The molecule has 0 radical (unpaired) electrons. The van der Waals surface area contributed by atoms with Gasteiger partial charge in [0.25, 0.3) is 5.56 Å². The monoisotopic (exact) mass is 450 g/mol. The van der Waals surface area contributed by atoms with E-state index in [1.165, 1.54) is 16.3 Å². The fourth-order valence-electron chi connectivity index (χ4n) is 3.24. The maximum Gasteiger partial charge on any atom is 0.324 e. The van der Waals surface area contributed by atoms with Gasteiger partial charge in [0.05, 0.1) is 28.2 Å². The van der Waals surface area contributed by atoms with Gasteiger partial charge in [0.2, 0.25) is 0 Å². The summed E-state index contributed by atoms with van der Waals surface area (Å²) in [5, 5.41) is 0.553. The first kappa shape index (κ1) is 21.2. The third-order valence-corrected chi connectivity index (χ3v) is 6.17. The van der Waals surface area contributed by atoms with E-state index in [1.54, 1.807) is 49.4 Å². The summed E-state index contributed by atoms with van der Waals surface area (Å²) in [6.07, 6.45) is 0.